The van der Waals surface area contributed by atoms with Crippen molar-refractivity contribution in [3.05, 3.63) is 35.9 Å². The Hall–Kier alpha value is -1.35. The van der Waals surface area contributed by atoms with E-state index in [1.165, 1.54) is 0 Å². The molecule has 3 nitrogen and oxygen atoms in total. The Kier molecular flexibility index (Phi) is 1.41. The predicted octanol–water partition coefficient (Wildman–Crippen LogP) is 0.997. The van der Waals surface area contributed by atoms with Crippen LogP contribution in [0.1, 0.15) is 5.56 Å². The third kappa shape index (κ3) is 0.905. The first-order valence-corrected chi connectivity index (χ1v) is 3.68. The monoisotopic (exact) mass is 164 g/mol. The van der Waals surface area contributed by atoms with Crippen LogP contribution in [0, 0.1) is 0 Å². The molecule has 0 aliphatic carbocycles. The van der Waals surface area contributed by atoms with E-state index in [0.717, 1.165) is 5.56 Å². The summed E-state index contributed by atoms with van der Waals surface area (Å²) in [6, 6.07) is 8.99. The van der Waals surface area contributed by atoms with E-state index in [-0.39, 0.29) is 6.61 Å². The molecule has 3 heteroatoms. The van der Waals surface area contributed by atoms with Gasteiger partial charge in [-0.3, -0.25) is 0 Å². The molecule has 2 rings (SSSR count). The first-order chi connectivity index (χ1) is 5.76. The summed E-state index contributed by atoms with van der Waals surface area (Å²) in [7, 11) is 0. The molecule has 0 saturated carbocycles. The molecule has 1 aromatic carbocycles. The summed E-state index contributed by atoms with van der Waals surface area (Å²) in [5.41, 5.74) is -0.321. The first-order valence-electron chi connectivity index (χ1n) is 3.68. The highest BCUT2D eigenvalue weighted by Crippen LogP contribution is 2.38. The average molecular weight is 164 g/mol. The number of rotatable bonds is 2. The summed E-state index contributed by atoms with van der Waals surface area (Å²) >= 11 is 0. The highest BCUT2D eigenvalue weighted by atomic mass is 16.6. The van der Waals surface area contributed by atoms with Crippen LogP contribution in [0.25, 0.3) is 0 Å². The van der Waals surface area contributed by atoms with Gasteiger partial charge in [0.2, 0.25) is 5.60 Å². The van der Waals surface area contributed by atoms with Gasteiger partial charge >= 0.3 is 5.97 Å². The topological polar surface area (TPSA) is 49.8 Å². The van der Waals surface area contributed by atoms with Gasteiger partial charge in [-0.1, -0.05) is 30.3 Å². The Balaban J connectivity index is 2.37. The lowest BCUT2D eigenvalue weighted by molar-refractivity contribution is -0.143. The van der Waals surface area contributed by atoms with Gasteiger partial charge in [0.25, 0.3) is 0 Å². The molecule has 0 unspecified atom stereocenters. The molecular weight excluding hydrogens is 156 g/mol. The van der Waals surface area contributed by atoms with Crippen LogP contribution in [0.3, 0.4) is 0 Å². The van der Waals surface area contributed by atoms with E-state index in [4.69, 9.17) is 9.84 Å². The zero-order valence-corrected chi connectivity index (χ0v) is 6.36. The lowest BCUT2D eigenvalue weighted by Crippen LogP contribution is -2.21. The van der Waals surface area contributed by atoms with Gasteiger partial charge in [-0.2, -0.15) is 0 Å². The Bertz CT molecular complexity index is 301. The van der Waals surface area contributed by atoms with E-state index in [1.54, 1.807) is 12.1 Å². The third-order valence-corrected chi connectivity index (χ3v) is 2.02. The molecule has 1 aromatic rings. The number of hydrogen-bond acceptors (Lipinski definition) is 2. The number of hydrogen-bond donors (Lipinski definition) is 1. The number of carboxylic acids is 1. The minimum absolute atomic E-state index is 0.284. The first kappa shape index (κ1) is 7.31. The molecule has 1 fully saturated rings. The Labute approximate surface area is 69.6 Å². The van der Waals surface area contributed by atoms with Crippen molar-refractivity contribution < 1.29 is 14.6 Å². The van der Waals surface area contributed by atoms with Gasteiger partial charge in [0.15, 0.2) is 0 Å². The largest absolute Gasteiger partial charge is 0.479 e. The van der Waals surface area contributed by atoms with Crippen molar-refractivity contribution in [3.63, 3.8) is 0 Å². The van der Waals surface area contributed by atoms with Crippen LogP contribution in [-0.4, -0.2) is 17.7 Å². The molecular formula is C9H8O3. The quantitative estimate of drug-likeness (QED) is 0.663. The fraction of sp³-hybridized carbons (Fsp3) is 0.222. The Morgan fingerprint density at radius 1 is 1.42 bits per heavy atom. The standard InChI is InChI=1S/C9H8O3/c10-8(11)9(6-12-9)7-4-2-1-3-5-7/h1-5H,6H2,(H,10,11)/t9-/m0/s1. The molecule has 0 radical (unpaired) electrons. The lowest BCUT2D eigenvalue weighted by Gasteiger charge is -2.04. The predicted molar refractivity (Wildman–Crippen MR) is 41.7 cm³/mol. The molecule has 0 amide bonds. The molecule has 12 heavy (non-hydrogen) atoms. The molecule has 1 heterocycles. The van der Waals surface area contributed by atoms with E-state index in [1.807, 2.05) is 18.2 Å². The van der Waals surface area contributed by atoms with Gasteiger partial charge in [0.05, 0.1) is 6.61 Å². The summed E-state index contributed by atoms with van der Waals surface area (Å²) in [6.07, 6.45) is 0. The van der Waals surface area contributed by atoms with Crippen molar-refractivity contribution in [2.45, 2.75) is 5.60 Å². The Morgan fingerprint density at radius 2 is 2.00 bits per heavy atom. The maximum Gasteiger partial charge on any atom is 0.343 e. The van der Waals surface area contributed by atoms with Crippen molar-refractivity contribution in [2.24, 2.45) is 0 Å². The van der Waals surface area contributed by atoms with Gasteiger partial charge < -0.3 is 9.84 Å². The minimum Gasteiger partial charge on any atom is -0.479 e. The second kappa shape index (κ2) is 2.32. The number of epoxide rings is 1. The van der Waals surface area contributed by atoms with E-state index in [2.05, 4.69) is 0 Å². The summed E-state index contributed by atoms with van der Waals surface area (Å²) in [5.74, 6) is -0.909. The maximum absolute atomic E-state index is 10.8. The normalized spacial score (nSPS) is 26.7. The number of benzene rings is 1. The molecule has 0 spiro atoms. The van der Waals surface area contributed by atoms with E-state index >= 15 is 0 Å². The fourth-order valence-corrected chi connectivity index (χ4v) is 1.19. The summed E-state index contributed by atoms with van der Waals surface area (Å²) in [6.45, 7) is 0.284. The van der Waals surface area contributed by atoms with Gasteiger partial charge in [-0.15, -0.1) is 0 Å². The summed E-state index contributed by atoms with van der Waals surface area (Å²) in [5, 5.41) is 8.83. The van der Waals surface area contributed by atoms with Crippen molar-refractivity contribution in [3.8, 4) is 0 Å². The van der Waals surface area contributed by atoms with Crippen molar-refractivity contribution in [2.75, 3.05) is 6.61 Å². The van der Waals surface area contributed by atoms with E-state index in [9.17, 15) is 4.79 Å². The zero-order valence-electron chi connectivity index (χ0n) is 6.36. The third-order valence-electron chi connectivity index (χ3n) is 2.02. The molecule has 1 aliphatic heterocycles. The van der Waals surface area contributed by atoms with Crippen LogP contribution in [0.2, 0.25) is 0 Å². The molecule has 0 bridgehead atoms. The summed E-state index contributed by atoms with van der Waals surface area (Å²) < 4.78 is 4.94. The molecule has 1 aliphatic rings. The van der Waals surface area contributed by atoms with Gasteiger partial charge in [0, 0.05) is 0 Å². The highest BCUT2D eigenvalue weighted by molar-refractivity contribution is 5.82. The Morgan fingerprint density at radius 3 is 2.42 bits per heavy atom. The number of aliphatic carboxylic acids is 1. The van der Waals surface area contributed by atoms with Crippen LogP contribution in [-0.2, 0) is 15.1 Å². The molecule has 1 saturated heterocycles. The van der Waals surface area contributed by atoms with E-state index < -0.39 is 11.6 Å². The van der Waals surface area contributed by atoms with E-state index in [0.29, 0.717) is 0 Å². The molecule has 62 valence electrons. The van der Waals surface area contributed by atoms with Crippen molar-refractivity contribution >= 4 is 5.97 Å². The molecule has 1 atom stereocenters. The summed E-state index contributed by atoms with van der Waals surface area (Å²) in [4.78, 5) is 10.8. The number of ether oxygens (including phenoxy) is 1. The van der Waals surface area contributed by atoms with Crippen LogP contribution in [0.15, 0.2) is 30.3 Å². The second-order valence-electron chi connectivity index (χ2n) is 2.79. The average Bonchev–Trinajstić information content (AvgIpc) is 2.86. The smallest absolute Gasteiger partial charge is 0.343 e. The minimum atomic E-state index is -1.04. The lowest BCUT2D eigenvalue weighted by atomic mass is 10.0. The zero-order chi connectivity index (χ0) is 8.60. The van der Waals surface area contributed by atoms with Crippen LogP contribution in [0.5, 0.6) is 0 Å². The second-order valence-corrected chi connectivity index (χ2v) is 2.79. The van der Waals surface area contributed by atoms with Crippen molar-refractivity contribution in [1.29, 1.82) is 0 Å². The number of carbonyl (C=O) groups is 1. The van der Waals surface area contributed by atoms with Crippen LogP contribution < -0.4 is 0 Å². The highest BCUT2D eigenvalue weighted by Gasteiger charge is 2.54. The molecule has 1 N–H and O–H groups in total. The van der Waals surface area contributed by atoms with Crippen LogP contribution in [0.4, 0.5) is 0 Å². The van der Waals surface area contributed by atoms with Crippen LogP contribution >= 0.6 is 0 Å². The van der Waals surface area contributed by atoms with Gasteiger partial charge in [-0.05, 0) is 5.56 Å². The molecule has 0 aromatic heterocycles. The maximum atomic E-state index is 10.8. The number of carboxylic acid groups (broad SMARTS) is 1. The SMILES string of the molecule is O=C(O)[C@@]1(c2ccccc2)CO1. The fourth-order valence-electron chi connectivity index (χ4n) is 1.19. The van der Waals surface area contributed by atoms with Crippen molar-refractivity contribution in [1.82, 2.24) is 0 Å². The van der Waals surface area contributed by atoms with Gasteiger partial charge in [0.1, 0.15) is 0 Å². The van der Waals surface area contributed by atoms with Gasteiger partial charge in [-0.25, -0.2) is 4.79 Å².